The molecule has 0 bridgehead atoms. The fourth-order valence-electron chi connectivity index (χ4n) is 2.67. The molecule has 0 aliphatic carbocycles. The number of ether oxygens (including phenoxy) is 1. The van der Waals surface area contributed by atoms with E-state index in [1.165, 1.54) is 12.8 Å². The molecule has 1 atom stereocenters. The first-order valence-electron chi connectivity index (χ1n) is 7.84. The van der Waals surface area contributed by atoms with Crippen molar-refractivity contribution in [2.45, 2.75) is 45.6 Å². The van der Waals surface area contributed by atoms with Crippen LogP contribution in [0.25, 0.3) is 0 Å². The largest absolute Gasteiger partial charge is 0.484 e. The van der Waals surface area contributed by atoms with Gasteiger partial charge in [-0.1, -0.05) is 25.0 Å². The van der Waals surface area contributed by atoms with Gasteiger partial charge in [-0.3, -0.25) is 4.79 Å². The molecule has 0 aromatic heterocycles. The Balaban J connectivity index is 1.91. The number of nitrogens with two attached hydrogens (primary N) is 1. The third-order valence-electron chi connectivity index (χ3n) is 4.03. The molecule has 1 aliphatic rings. The third kappa shape index (κ3) is 4.46. The number of aryl methyl sites for hydroxylation is 1. The van der Waals surface area contributed by atoms with Crippen molar-refractivity contribution >= 4 is 5.91 Å². The Morgan fingerprint density at radius 2 is 1.95 bits per heavy atom. The van der Waals surface area contributed by atoms with Gasteiger partial charge in [0.1, 0.15) is 5.75 Å². The lowest BCUT2D eigenvalue weighted by atomic mass is 10.1. The van der Waals surface area contributed by atoms with Gasteiger partial charge < -0.3 is 15.4 Å². The van der Waals surface area contributed by atoms with Gasteiger partial charge in [0, 0.05) is 19.1 Å². The predicted molar refractivity (Wildman–Crippen MR) is 84.3 cm³/mol. The second-order valence-corrected chi connectivity index (χ2v) is 5.90. The number of carbonyl (C=O) groups is 1. The maximum atomic E-state index is 12.2. The maximum absolute atomic E-state index is 12.2. The van der Waals surface area contributed by atoms with Gasteiger partial charge in [0.15, 0.2) is 6.61 Å². The van der Waals surface area contributed by atoms with Crippen molar-refractivity contribution < 1.29 is 9.53 Å². The molecule has 0 radical (unpaired) electrons. The Morgan fingerprint density at radius 3 is 2.52 bits per heavy atom. The van der Waals surface area contributed by atoms with Gasteiger partial charge in [-0.25, -0.2) is 0 Å². The van der Waals surface area contributed by atoms with Crippen LogP contribution in [0, 0.1) is 6.92 Å². The van der Waals surface area contributed by atoms with E-state index in [0.29, 0.717) is 0 Å². The van der Waals surface area contributed by atoms with Crippen LogP contribution in [0.4, 0.5) is 0 Å². The summed E-state index contributed by atoms with van der Waals surface area (Å²) >= 11 is 0. The molecule has 1 saturated heterocycles. The first kappa shape index (κ1) is 15.8. The number of nitrogens with zero attached hydrogens (tertiary/aromatic N) is 1. The molecule has 1 fully saturated rings. The molecule has 1 unspecified atom stereocenters. The number of hydrogen-bond acceptors (Lipinski definition) is 3. The molecule has 0 saturated carbocycles. The lowest BCUT2D eigenvalue weighted by Gasteiger charge is -2.20. The molecule has 0 spiro atoms. The molecule has 116 valence electrons. The number of benzene rings is 1. The summed E-state index contributed by atoms with van der Waals surface area (Å²) in [7, 11) is 0. The Labute approximate surface area is 127 Å². The van der Waals surface area contributed by atoms with Crippen LogP contribution < -0.4 is 10.5 Å². The zero-order valence-electron chi connectivity index (χ0n) is 13.1. The highest BCUT2D eigenvalue weighted by atomic mass is 16.5. The average Bonchev–Trinajstić information content (AvgIpc) is 2.74. The summed E-state index contributed by atoms with van der Waals surface area (Å²) in [5.74, 6) is 0.857. The predicted octanol–water partition coefficient (Wildman–Crippen LogP) is 2.80. The van der Waals surface area contributed by atoms with E-state index in [0.717, 1.165) is 42.8 Å². The van der Waals surface area contributed by atoms with E-state index >= 15 is 0 Å². The van der Waals surface area contributed by atoms with Gasteiger partial charge in [-0.05, 0) is 43.9 Å². The van der Waals surface area contributed by atoms with Crippen molar-refractivity contribution in [2.75, 3.05) is 19.7 Å². The molecule has 4 nitrogen and oxygen atoms in total. The van der Waals surface area contributed by atoms with Gasteiger partial charge in [-0.2, -0.15) is 0 Å². The van der Waals surface area contributed by atoms with E-state index in [4.69, 9.17) is 10.5 Å². The van der Waals surface area contributed by atoms with Gasteiger partial charge in [0.05, 0.1) is 0 Å². The van der Waals surface area contributed by atoms with E-state index in [2.05, 4.69) is 0 Å². The van der Waals surface area contributed by atoms with Crippen LogP contribution in [0.5, 0.6) is 5.75 Å². The van der Waals surface area contributed by atoms with Crippen molar-refractivity contribution in [3.8, 4) is 5.75 Å². The van der Waals surface area contributed by atoms with Crippen molar-refractivity contribution in [3.63, 3.8) is 0 Å². The quantitative estimate of drug-likeness (QED) is 0.927. The molecule has 2 rings (SSSR count). The zero-order chi connectivity index (χ0) is 15.2. The number of likely N-dealkylation sites (tertiary alicyclic amines) is 1. The topological polar surface area (TPSA) is 55.6 Å². The second kappa shape index (κ2) is 7.46. The monoisotopic (exact) mass is 290 g/mol. The highest BCUT2D eigenvalue weighted by Gasteiger charge is 2.16. The lowest BCUT2D eigenvalue weighted by molar-refractivity contribution is -0.133. The SMILES string of the molecule is Cc1cc(C(C)N)ccc1OCC(=O)N1CCCCCC1. The lowest BCUT2D eigenvalue weighted by Crippen LogP contribution is -2.35. The van der Waals surface area contributed by atoms with E-state index in [-0.39, 0.29) is 18.6 Å². The fraction of sp³-hybridized carbons (Fsp3) is 0.588. The Morgan fingerprint density at radius 1 is 1.29 bits per heavy atom. The normalized spacial score (nSPS) is 17.2. The number of hydrogen-bond donors (Lipinski definition) is 1. The first-order chi connectivity index (χ1) is 10.1. The van der Waals surface area contributed by atoms with Gasteiger partial charge in [0.25, 0.3) is 5.91 Å². The molecular weight excluding hydrogens is 264 g/mol. The molecule has 2 N–H and O–H groups in total. The van der Waals surface area contributed by atoms with Crippen molar-refractivity contribution in [1.29, 1.82) is 0 Å². The van der Waals surface area contributed by atoms with Gasteiger partial charge in [0.2, 0.25) is 0 Å². The number of amides is 1. The highest BCUT2D eigenvalue weighted by molar-refractivity contribution is 5.77. The van der Waals surface area contributed by atoms with Crippen LogP contribution in [-0.2, 0) is 4.79 Å². The number of carbonyl (C=O) groups excluding carboxylic acids is 1. The van der Waals surface area contributed by atoms with E-state index in [1.54, 1.807) is 0 Å². The van der Waals surface area contributed by atoms with E-state index in [9.17, 15) is 4.79 Å². The van der Waals surface area contributed by atoms with Crippen LogP contribution in [-0.4, -0.2) is 30.5 Å². The highest BCUT2D eigenvalue weighted by Crippen LogP contribution is 2.22. The van der Waals surface area contributed by atoms with Crippen molar-refractivity contribution in [1.82, 2.24) is 4.90 Å². The standard InChI is InChI=1S/C17H26N2O2/c1-13-11-15(14(2)18)7-8-16(13)21-12-17(20)19-9-5-3-4-6-10-19/h7-8,11,14H,3-6,9-10,12,18H2,1-2H3. The molecule has 1 heterocycles. The fourth-order valence-corrected chi connectivity index (χ4v) is 2.67. The summed E-state index contributed by atoms with van der Waals surface area (Å²) in [5.41, 5.74) is 7.97. The van der Waals surface area contributed by atoms with Gasteiger partial charge >= 0.3 is 0 Å². The summed E-state index contributed by atoms with van der Waals surface area (Å²) in [6.45, 7) is 5.80. The van der Waals surface area contributed by atoms with E-state index < -0.39 is 0 Å². The molecule has 21 heavy (non-hydrogen) atoms. The first-order valence-corrected chi connectivity index (χ1v) is 7.84. The molecule has 1 aromatic rings. The van der Waals surface area contributed by atoms with Crippen molar-refractivity contribution in [2.24, 2.45) is 5.73 Å². The summed E-state index contributed by atoms with van der Waals surface area (Å²) in [5, 5.41) is 0. The van der Waals surface area contributed by atoms with Crippen LogP contribution in [0.2, 0.25) is 0 Å². The molecule has 1 aromatic carbocycles. The molecule has 4 heteroatoms. The maximum Gasteiger partial charge on any atom is 0.260 e. The Bertz CT molecular complexity index is 478. The summed E-state index contributed by atoms with van der Waals surface area (Å²) in [6.07, 6.45) is 4.66. The van der Waals surface area contributed by atoms with Crippen LogP contribution in [0.1, 0.15) is 49.8 Å². The summed E-state index contributed by atoms with van der Waals surface area (Å²) < 4.78 is 5.70. The second-order valence-electron chi connectivity index (χ2n) is 5.90. The molecule has 1 aliphatic heterocycles. The molecule has 1 amide bonds. The minimum Gasteiger partial charge on any atom is -0.484 e. The minimum atomic E-state index is 0.0106. The van der Waals surface area contributed by atoms with Crippen LogP contribution >= 0.6 is 0 Å². The van der Waals surface area contributed by atoms with Gasteiger partial charge in [-0.15, -0.1) is 0 Å². The number of rotatable bonds is 4. The summed E-state index contributed by atoms with van der Waals surface area (Å²) in [4.78, 5) is 14.1. The van der Waals surface area contributed by atoms with Crippen LogP contribution in [0.15, 0.2) is 18.2 Å². The Kier molecular flexibility index (Phi) is 5.62. The smallest absolute Gasteiger partial charge is 0.260 e. The minimum absolute atomic E-state index is 0.0106. The average molecular weight is 290 g/mol. The summed E-state index contributed by atoms with van der Waals surface area (Å²) in [6, 6.07) is 5.90. The third-order valence-corrected chi connectivity index (χ3v) is 4.03. The van der Waals surface area contributed by atoms with Crippen LogP contribution in [0.3, 0.4) is 0 Å². The Hall–Kier alpha value is -1.55. The zero-order valence-corrected chi connectivity index (χ0v) is 13.1. The molecular formula is C17H26N2O2. The van der Waals surface area contributed by atoms with E-state index in [1.807, 2.05) is 36.9 Å². The van der Waals surface area contributed by atoms with Crippen molar-refractivity contribution in [3.05, 3.63) is 29.3 Å².